The highest BCUT2D eigenvalue weighted by atomic mass is 16.5. The fourth-order valence-electron chi connectivity index (χ4n) is 3.62. The molecule has 0 atom stereocenters. The zero-order valence-corrected chi connectivity index (χ0v) is 16.5. The number of ether oxygens (including phenoxy) is 1. The van der Waals surface area contributed by atoms with Crippen molar-refractivity contribution >= 4 is 5.91 Å². The third-order valence-electron chi connectivity index (χ3n) is 5.01. The second kappa shape index (κ2) is 8.98. The minimum atomic E-state index is -0.110. The molecule has 1 aliphatic heterocycles. The van der Waals surface area contributed by atoms with E-state index < -0.39 is 0 Å². The second-order valence-corrected chi connectivity index (χ2v) is 7.14. The van der Waals surface area contributed by atoms with E-state index in [0.717, 1.165) is 36.6 Å². The van der Waals surface area contributed by atoms with Gasteiger partial charge < -0.3 is 10.1 Å². The molecule has 3 heterocycles. The highest BCUT2D eigenvalue weighted by molar-refractivity contribution is 5.95. The highest BCUT2D eigenvalue weighted by Gasteiger charge is 2.26. The fourth-order valence-corrected chi connectivity index (χ4v) is 3.62. The Hall–Kier alpha value is -3.03. The van der Waals surface area contributed by atoms with E-state index in [0.29, 0.717) is 25.3 Å². The van der Waals surface area contributed by atoms with E-state index in [1.807, 2.05) is 28.9 Å². The number of amides is 1. The van der Waals surface area contributed by atoms with Gasteiger partial charge in [-0.1, -0.05) is 36.4 Å². The predicted molar refractivity (Wildman–Crippen MR) is 110 cm³/mol. The monoisotopic (exact) mass is 391 g/mol. The van der Waals surface area contributed by atoms with Crippen LogP contribution in [0.4, 0.5) is 0 Å². The summed E-state index contributed by atoms with van der Waals surface area (Å²) in [5, 5.41) is 7.47. The number of fused-ring (bicyclic) bond motifs is 3. The molecule has 4 rings (SSSR count). The first-order chi connectivity index (χ1) is 14.3. The Balaban J connectivity index is 1.63. The molecule has 29 heavy (non-hydrogen) atoms. The summed E-state index contributed by atoms with van der Waals surface area (Å²) >= 11 is 0. The first-order valence-corrected chi connectivity index (χ1v) is 9.81. The zero-order valence-electron chi connectivity index (χ0n) is 16.5. The van der Waals surface area contributed by atoms with Crippen molar-refractivity contribution in [2.75, 3.05) is 20.3 Å². The number of carbonyl (C=O) groups excluding carboxylic acids is 1. The van der Waals surface area contributed by atoms with Gasteiger partial charge in [0.15, 0.2) is 5.82 Å². The molecule has 1 aliphatic rings. The Morgan fingerprint density at radius 2 is 2.03 bits per heavy atom. The summed E-state index contributed by atoms with van der Waals surface area (Å²) in [5.74, 6) is 0.679. The van der Waals surface area contributed by atoms with E-state index in [-0.39, 0.29) is 5.91 Å². The molecular weight excluding hydrogens is 366 g/mol. The number of rotatable bonds is 7. The summed E-state index contributed by atoms with van der Waals surface area (Å²) in [4.78, 5) is 19.7. The number of methoxy groups -OCH3 is 1. The van der Waals surface area contributed by atoms with E-state index in [4.69, 9.17) is 4.74 Å². The quantitative estimate of drug-likeness (QED) is 0.627. The SMILES string of the molecule is COCCCNC(=O)c1cnn2c1CN(Cc1ccccc1)Cc1cccnc1-2. The van der Waals surface area contributed by atoms with E-state index >= 15 is 0 Å². The minimum absolute atomic E-state index is 0.110. The molecule has 150 valence electrons. The van der Waals surface area contributed by atoms with Crippen LogP contribution in [0.3, 0.4) is 0 Å². The summed E-state index contributed by atoms with van der Waals surface area (Å²) in [6, 6.07) is 14.4. The summed E-state index contributed by atoms with van der Waals surface area (Å²) in [7, 11) is 1.66. The normalized spacial score (nSPS) is 13.4. The molecule has 0 saturated carbocycles. The van der Waals surface area contributed by atoms with Crippen LogP contribution in [-0.2, 0) is 24.4 Å². The zero-order chi connectivity index (χ0) is 20.1. The van der Waals surface area contributed by atoms with Crippen LogP contribution < -0.4 is 5.32 Å². The van der Waals surface area contributed by atoms with Gasteiger partial charge in [-0.25, -0.2) is 9.67 Å². The second-order valence-electron chi connectivity index (χ2n) is 7.14. The summed E-state index contributed by atoms with van der Waals surface area (Å²) in [6.45, 7) is 3.34. The number of benzene rings is 1. The Kier molecular flexibility index (Phi) is 5.97. The maximum absolute atomic E-state index is 12.8. The number of nitrogens with zero attached hydrogens (tertiary/aromatic N) is 4. The van der Waals surface area contributed by atoms with Gasteiger partial charge in [-0.3, -0.25) is 9.69 Å². The van der Waals surface area contributed by atoms with Crippen LogP contribution in [0.25, 0.3) is 5.82 Å². The Bertz CT molecular complexity index is 970. The van der Waals surface area contributed by atoms with Crippen molar-refractivity contribution in [3.05, 3.63) is 77.2 Å². The standard InChI is InChI=1S/C22H25N5O2/c1-29-12-6-11-24-22(28)19-13-25-27-20(19)16-26(14-17-7-3-2-4-8-17)15-18-9-5-10-23-21(18)27/h2-5,7-10,13H,6,11-12,14-16H2,1H3,(H,24,28). The molecule has 0 bridgehead atoms. The Morgan fingerprint density at radius 1 is 1.17 bits per heavy atom. The molecule has 0 spiro atoms. The summed E-state index contributed by atoms with van der Waals surface area (Å²) in [5.41, 5.74) is 3.79. The van der Waals surface area contributed by atoms with Crippen LogP contribution in [0.2, 0.25) is 0 Å². The summed E-state index contributed by atoms with van der Waals surface area (Å²) < 4.78 is 6.86. The lowest BCUT2D eigenvalue weighted by molar-refractivity contribution is 0.0946. The van der Waals surface area contributed by atoms with Crippen LogP contribution in [-0.4, -0.2) is 45.8 Å². The van der Waals surface area contributed by atoms with Crippen molar-refractivity contribution < 1.29 is 9.53 Å². The molecule has 0 aliphatic carbocycles. The molecule has 0 unspecified atom stereocenters. The van der Waals surface area contributed by atoms with Crippen LogP contribution >= 0.6 is 0 Å². The van der Waals surface area contributed by atoms with Crippen molar-refractivity contribution in [2.45, 2.75) is 26.1 Å². The third kappa shape index (κ3) is 4.36. The molecule has 2 aromatic heterocycles. The first kappa shape index (κ1) is 19.3. The van der Waals surface area contributed by atoms with E-state index in [9.17, 15) is 4.79 Å². The fraction of sp³-hybridized carbons (Fsp3) is 0.318. The van der Waals surface area contributed by atoms with Crippen LogP contribution in [0.5, 0.6) is 0 Å². The lowest BCUT2D eigenvalue weighted by Gasteiger charge is -2.20. The van der Waals surface area contributed by atoms with Gasteiger partial charge in [0.1, 0.15) is 0 Å². The van der Waals surface area contributed by atoms with Gasteiger partial charge in [-0.05, 0) is 18.1 Å². The summed E-state index contributed by atoms with van der Waals surface area (Å²) in [6.07, 6.45) is 4.18. The number of aromatic nitrogens is 3. The molecule has 0 fully saturated rings. The predicted octanol–water partition coefficient (Wildman–Crippen LogP) is 2.55. The first-order valence-electron chi connectivity index (χ1n) is 9.81. The molecule has 1 aromatic carbocycles. The van der Waals surface area contributed by atoms with Crippen LogP contribution in [0, 0.1) is 0 Å². The van der Waals surface area contributed by atoms with E-state index in [1.54, 1.807) is 19.5 Å². The number of nitrogens with one attached hydrogen (secondary N) is 1. The number of hydrogen-bond acceptors (Lipinski definition) is 5. The molecular formula is C22H25N5O2. The molecule has 1 amide bonds. The Morgan fingerprint density at radius 3 is 2.86 bits per heavy atom. The van der Waals surface area contributed by atoms with E-state index in [1.165, 1.54) is 5.56 Å². The lowest BCUT2D eigenvalue weighted by atomic mass is 10.1. The average molecular weight is 391 g/mol. The average Bonchev–Trinajstić information content (AvgIpc) is 3.09. The van der Waals surface area contributed by atoms with Crippen molar-refractivity contribution in [1.82, 2.24) is 25.0 Å². The number of carbonyl (C=O) groups is 1. The third-order valence-corrected chi connectivity index (χ3v) is 5.01. The van der Waals surface area contributed by atoms with Crippen molar-refractivity contribution in [1.29, 1.82) is 0 Å². The van der Waals surface area contributed by atoms with Gasteiger partial charge in [-0.15, -0.1) is 0 Å². The molecule has 7 heteroatoms. The number of pyridine rings is 1. The minimum Gasteiger partial charge on any atom is -0.385 e. The van der Waals surface area contributed by atoms with Crippen LogP contribution in [0.1, 0.15) is 33.6 Å². The maximum atomic E-state index is 12.8. The van der Waals surface area contributed by atoms with E-state index in [2.05, 4.69) is 38.5 Å². The highest BCUT2D eigenvalue weighted by Crippen LogP contribution is 2.25. The molecule has 1 N–H and O–H groups in total. The van der Waals surface area contributed by atoms with Crippen molar-refractivity contribution in [3.8, 4) is 5.82 Å². The largest absolute Gasteiger partial charge is 0.385 e. The number of hydrogen-bond donors (Lipinski definition) is 1. The Labute approximate surface area is 170 Å². The van der Waals surface area contributed by atoms with Gasteiger partial charge in [0.25, 0.3) is 5.91 Å². The topological polar surface area (TPSA) is 72.3 Å². The maximum Gasteiger partial charge on any atom is 0.254 e. The van der Waals surface area contributed by atoms with Crippen molar-refractivity contribution in [3.63, 3.8) is 0 Å². The van der Waals surface area contributed by atoms with Gasteiger partial charge in [0, 0.05) is 51.7 Å². The van der Waals surface area contributed by atoms with Gasteiger partial charge >= 0.3 is 0 Å². The smallest absolute Gasteiger partial charge is 0.254 e. The van der Waals surface area contributed by atoms with Crippen molar-refractivity contribution in [2.24, 2.45) is 0 Å². The van der Waals surface area contributed by atoms with Gasteiger partial charge in [0.2, 0.25) is 0 Å². The lowest BCUT2D eigenvalue weighted by Crippen LogP contribution is -2.28. The van der Waals surface area contributed by atoms with Gasteiger partial charge in [0.05, 0.1) is 17.5 Å². The molecule has 3 aromatic rings. The van der Waals surface area contributed by atoms with Crippen LogP contribution in [0.15, 0.2) is 54.9 Å². The van der Waals surface area contributed by atoms with Gasteiger partial charge in [-0.2, -0.15) is 5.10 Å². The molecule has 0 radical (unpaired) electrons. The molecule has 7 nitrogen and oxygen atoms in total. The molecule has 0 saturated heterocycles.